The number of aromatic amines is 1. The maximum atomic E-state index is 4.24. The topological polar surface area (TPSA) is 71.4 Å². The molecule has 4 rings (SSSR count). The van der Waals surface area contributed by atoms with Crippen molar-refractivity contribution in [3.8, 4) is 11.3 Å². The van der Waals surface area contributed by atoms with Crippen LogP contribution in [-0.2, 0) is 19.5 Å². The van der Waals surface area contributed by atoms with Gasteiger partial charge in [0.15, 0.2) is 0 Å². The fraction of sp³-hybridized carbons (Fsp3) is 0.421. The second-order valence-corrected chi connectivity index (χ2v) is 6.95. The van der Waals surface area contributed by atoms with Gasteiger partial charge in [-0.15, -0.1) is 10.2 Å². The van der Waals surface area contributed by atoms with E-state index in [2.05, 4.69) is 61.5 Å². The van der Waals surface area contributed by atoms with Gasteiger partial charge >= 0.3 is 0 Å². The summed E-state index contributed by atoms with van der Waals surface area (Å²) >= 11 is 0. The quantitative estimate of drug-likeness (QED) is 0.751. The van der Waals surface area contributed by atoms with Gasteiger partial charge in [-0.25, -0.2) is 0 Å². The first-order valence-corrected chi connectivity index (χ1v) is 8.89. The van der Waals surface area contributed by atoms with Gasteiger partial charge in [-0.05, 0) is 38.3 Å². The molecule has 6 heteroatoms. The van der Waals surface area contributed by atoms with Crippen LogP contribution in [0.15, 0.2) is 30.5 Å². The summed E-state index contributed by atoms with van der Waals surface area (Å²) in [6, 6.07) is 8.55. The summed E-state index contributed by atoms with van der Waals surface area (Å²) < 4.78 is 2.26. The van der Waals surface area contributed by atoms with Crippen LogP contribution in [0.2, 0.25) is 0 Å². The molecule has 1 aromatic carbocycles. The van der Waals surface area contributed by atoms with Crippen LogP contribution in [0.5, 0.6) is 0 Å². The monoisotopic (exact) mass is 336 g/mol. The van der Waals surface area contributed by atoms with E-state index in [1.54, 1.807) is 0 Å². The molecule has 0 unspecified atom stereocenters. The lowest BCUT2D eigenvalue weighted by atomic mass is 9.99. The zero-order valence-corrected chi connectivity index (χ0v) is 14.8. The highest BCUT2D eigenvalue weighted by Crippen LogP contribution is 2.22. The molecule has 0 amide bonds. The third-order valence-electron chi connectivity index (χ3n) is 5.04. The molecule has 3 aromatic rings. The maximum Gasteiger partial charge on any atom is 0.133 e. The van der Waals surface area contributed by atoms with Gasteiger partial charge in [0, 0.05) is 25.1 Å². The Morgan fingerprint density at radius 3 is 2.88 bits per heavy atom. The molecule has 0 aliphatic carbocycles. The van der Waals surface area contributed by atoms with Crippen molar-refractivity contribution in [2.24, 2.45) is 5.92 Å². The Kier molecular flexibility index (Phi) is 4.36. The summed E-state index contributed by atoms with van der Waals surface area (Å²) in [5.41, 5.74) is 4.76. The number of fused-ring (bicyclic) bond motifs is 1. The molecule has 0 radical (unpaired) electrons. The molecule has 1 atom stereocenters. The van der Waals surface area contributed by atoms with E-state index in [0.29, 0.717) is 5.92 Å². The summed E-state index contributed by atoms with van der Waals surface area (Å²) in [5, 5.41) is 19.4. The van der Waals surface area contributed by atoms with Crippen molar-refractivity contribution < 1.29 is 0 Å². The number of hydrogen-bond acceptors (Lipinski definition) is 4. The highest BCUT2D eigenvalue weighted by atomic mass is 15.3. The smallest absolute Gasteiger partial charge is 0.133 e. The van der Waals surface area contributed by atoms with Crippen LogP contribution in [0.25, 0.3) is 11.3 Å². The predicted octanol–water partition coefficient (Wildman–Crippen LogP) is 2.64. The van der Waals surface area contributed by atoms with E-state index in [0.717, 1.165) is 43.4 Å². The molecule has 6 nitrogen and oxygen atoms in total. The number of nitrogens with one attached hydrogen (secondary N) is 2. The predicted molar refractivity (Wildman–Crippen MR) is 97.0 cm³/mol. The Morgan fingerprint density at radius 1 is 1.20 bits per heavy atom. The van der Waals surface area contributed by atoms with Crippen LogP contribution in [-0.4, -0.2) is 31.5 Å². The molecule has 0 saturated carbocycles. The third kappa shape index (κ3) is 3.35. The van der Waals surface area contributed by atoms with E-state index in [1.807, 2.05) is 13.1 Å². The van der Waals surface area contributed by atoms with Crippen LogP contribution in [0, 0.1) is 19.8 Å². The second-order valence-electron chi connectivity index (χ2n) is 6.95. The molecule has 0 spiro atoms. The number of aryl methyl sites for hydroxylation is 3. The van der Waals surface area contributed by atoms with Gasteiger partial charge in [0.2, 0.25) is 0 Å². The minimum absolute atomic E-state index is 0.622. The van der Waals surface area contributed by atoms with Gasteiger partial charge in [-0.1, -0.05) is 29.8 Å². The SMILES string of the molecule is Cc1ccc(-c2[nH]ncc2CNC[C@@H]2CCc3nnc(C)n3C2)cc1. The zero-order chi connectivity index (χ0) is 17.2. The first-order valence-electron chi connectivity index (χ1n) is 8.89. The van der Waals surface area contributed by atoms with E-state index < -0.39 is 0 Å². The Bertz CT molecular complexity index is 845. The standard InChI is InChI=1S/C19H24N6/c1-13-3-6-16(7-4-13)19-17(11-21-24-19)10-20-9-15-5-8-18-23-22-14(2)25(18)12-15/h3-4,6-7,11,15,20H,5,8-10,12H2,1-2H3,(H,21,24)/t15-/m0/s1. The van der Waals surface area contributed by atoms with Gasteiger partial charge in [0.25, 0.3) is 0 Å². The molecule has 2 aromatic heterocycles. The lowest BCUT2D eigenvalue weighted by Gasteiger charge is -2.24. The summed E-state index contributed by atoms with van der Waals surface area (Å²) in [7, 11) is 0. The number of H-pyrrole nitrogens is 1. The number of nitrogens with zero attached hydrogens (tertiary/aromatic N) is 4. The Labute approximate surface area is 147 Å². The van der Waals surface area contributed by atoms with Crippen molar-refractivity contribution in [1.29, 1.82) is 0 Å². The van der Waals surface area contributed by atoms with E-state index in [1.165, 1.54) is 23.1 Å². The number of aromatic nitrogens is 5. The van der Waals surface area contributed by atoms with Crippen LogP contribution in [0.1, 0.15) is 29.2 Å². The largest absolute Gasteiger partial charge is 0.315 e. The average molecular weight is 336 g/mol. The molecule has 2 N–H and O–H groups in total. The van der Waals surface area contributed by atoms with Gasteiger partial charge in [0.1, 0.15) is 11.6 Å². The molecular formula is C19H24N6. The van der Waals surface area contributed by atoms with Crippen LogP contribution < -0.4 is 5.32 Å². The summed E-state index contributed by atoms with van der Waals surface area (Å²) in [4.78, 5) is 0. The van der Waals surface area contributed by atoms with Gasteiger partial charge in [0.05, 0.1) is 11.9 Å². The molecule has 0 saturated heterocycles. The first-order chi connectivity index (χ1) is 12.2. The minimum atomic E-state index is 0.622. The van der Waals surface area contributed by atoms with Crippen molar-refractivity contribution >= 4 is 0 Å². The fourth-order valence-corrected chi connectivity index (χ4v) is 3.52. The summed E-state index contributed by atoms with van der Waals surface area (Å²) in [6.45, 7) is 6.97. The van der Waals surface area contributed by atoms with Crippen LogP contribution in [0.3, 0.4) is 0 Å². The van der Waals surface area contributed by atoms with Gasteiger partial charge in [-0.3, -0.25) is 5.10 Å². The third-order valence-corrected chi connectivity index (χ3v) is 5.04. The van der Waals surface area contributed by atoms with Crippen molar-refractivity contribution in [3.63, 3.8) is 0 Å². The molecule has 130 valence electrons. The fourth-order valence-electron chi connectivity index (χ4n) is 3.52. The van der Waals surface area contributed by atoms with Crippen molar-refractivity contribution in [1.82, 2.24) is 30.3 Å². The van der Waals surface area contributed by atoms with Crippen molar-refractivity contribution in [2.45, 2.75) is 39.8 Å². The van der Waals surface area contributed by atoms with Gasteiger partial charge < -0.3 is 9.88 Å². The Morgan fingerprint density at radius 2 is 2.04 bits per heavy atom. The molecule has 3 heterocycles. The lowest BCUT2D eigenvalue weighted by Crippen LogP contribution is -2.30. The van der Waals surface area contributed by atoms with Crippen LogP contribution in [0.4, 0.5) is 0 Å². The first kappa shape index (κ1) is 16.0. The van der Waals surface area contributed by atoms with Gasteiger partial charge in [-0.2, -0.15) is 5.10 Å². The molecule has 1 aliphatic rings. The Hall–Kier alpha value is -2.47. The van der Waals surface area contributed by atoms with E-state index in [-0.39, 0.29) is 0 Å². The second kappa shape index (κ2) is 6.80. The molecule has 0 bridgehead atoms. The average Bonchev–Trinajstić information content (AvgIpc) is 3.23. The number of rotatable bonds is 5. The highest BCUT2D eigenvalue weighted by molar-refractivity contribution is 5.62. The zero-order valence-electron chi connectivity index (χ0n) is 14.8. The van der Waals surface area contributed by atoms with E-state index in [4.69, 9.17) is 0 Å². The van der Waals surface area contributed by atoms with Crippen molar-refractivity contribution in [2.75, 3.05) is 6.54 Å². The highest BCUT2D eigenvalue weighted by Gasteiger charge is 2.21. The summed E-state index contributed by atoms with van der Waals surface area (Å²) in [5.74, 6) is 2.78. The summed E-state index contributed by atoms with van der Waals surface area (Å²) in [6.07, 6.45) is 4.11. The minimum Gasteiger partial charge on any atom is -0.315 e. The van der Waals surface area contributed by atoms with E-state index >= 15 is 0 Å². The lowest BCUT2D eigenvalue weighted by molar-refractivity contribution is 0.344. The number of benzene rings is 1. The maximum absolute atomic E-state index is 4.24. The molecular weight excluding hydrogens is 312 g/mol. The van der Waals surface area contributed by atoms with Crippen molar-refractivity contribution in [3.05, 3.63) is 53.2 Å². The molecule has 0 fully saturated rings. The van der Waals surface area contributed by atoms with Crippen LogP contribution >= 0.6 is 0 Å². The normalized spacial score (nSPS) is 16.8. The number of hydrogen-bond donors (Lipinski definition) is 2. The molecule has 1 aliphatic heterocycles. The van der Waals surface area contributed by atoms with E-state index in [9.17, 15) is 0 Å². The Balaban J connectivity index is 1.36. The molecule has 25 heavy (non-hydrogen) atoms.